The fourth-order valence-corrected chi connectivity index (χ4v) is 3.88. The van der Waals surface area contributed by atoms with Gasteiger partial charge in [0.05, 0.1) is 17.7 Å². The number of hydrogen-bond donors (Lipinski definition) is 2. The maximum Gasteiger partial charge on any atom is 0.215 e. The Bertz CT molecular complexity index is 1080. The third-order valence-corrected chi connectivity index (χ3v) is 5.94. The smallest absolute Gasteiger partial charge is 0.215 e. The van der Waals surface area contributed by atoms with Crippen molar-refractivity contribution in [2.75, 3.05) is 42.0 Å². The standard InChI is InChI=1S/C24H30ClN5O3S/c1-24(2,3)30-23(27-19-9-11-26-21(15-19)33-13-12-32-4)20(16-31)22(28-30)17-5-7-18(8-6-17)29-34-14-10-25/h5-9,11,15-16,29H,10,12-14H2,1-4H3,(H,26,27). The van der Waals surface area contributed by atoms with Gasteiger partial charge in [-0.1, -0.05) is 24.1 Å². The van der Waals surface area contributed by atoms with E-state index in [9.17, 15) is 4.79 Å². The highest BCUT2D eigenvalue weighted by Gasteiger charge is 2.26. The average molecular weight is 504 g/mol. The minimum Gasteiger partial charge on any atom is -0.475 e. The van der Waals surface area contributed by atoms with Gasteiger partial charge in [-0.15, -0.1) is 11.6 Å². The number of aldehydes is 1. The molecule has 2 heterocycles. The predicted octanol–water partition coefficient (Wildman–Crippen LogP) is 5.58. The number of carbonyl (C=O) groups is 1. The molecule has 0 fully saturated rings. The fourth-order valence-electron chi connectivity index (χ4n) is 3.16. The summed E-state index contributed by atoms with van der Waals surface area (Å²) in [7, 11) is 1.62. The van der Waals surface area contributed by atoms with Gasteiger partial charge in [-0.3, -0.25) is 4.79 Å². The molecule has 0 amide bonds. The molecule has 2 aromatic heterocycles. The summed E-state index contributed by atoms with van der Waals surface area (Å²) in [6.45, 7) is 6.98. The largest absolute Gasteiger partial charge is 0.475 e. The van der Waals surface area contributed by atoms with Crippen molar-refractivity contribution in [2.45, 2.75) is 26.3 Å². The second-order valence-electron chi connectivity index (χ2n) is 8.38. The molecule has 0 saturated carbocycles. The molecule has 0 aliphatic carbocycles. The first-order valence-electron chi connectivity index (χ1n) is 10.8. The van der Waals surface area contributed by atoms with E-state index in [-0.39, 0.29) is 5.54 Å². The molecular formula is C24H30ClN5O3S. The van der Waals surface area contributed by atoms with Crippen LogP contribution in [0, 0.1) is 0 Å². The van der Waals surface area contributed by atoms with Crippen LogP contribution in [-0.4, -0.2) is 53.0 Å². The lowest BCUT2D eigenvalue weighted by molar-refractivity contribution is 0.112. The van der Waals surface area contributed by atoms with Crippen LogP contribution < -0.4 is 14.8 Å². The SMILES string of the molecule is COCCOc1cc(Nc2c(C=O)c(-c3ccc(NSCCCl)cc3)nn2C(C)(C)C)ccn1. The molecule has 34 heavy (non-hydrogen) atoms. The Hall–Kier alpha value is -2.75. The molecule has 3 aromatic rings. The van der Waals surface area contributed by atoms with Crippen LogP contribution in [0.4, 0.5) is 17.2 Å². The van der Waals surface area contributed by atoms with Crippen LogP contribution in [0.3, 0.4) is 0 Å². The van der Waals surface area contributed by atoms with Crippen molar-refractivity contribution in [2.24, 2.45) is 0 Å². The molecule has 0 atom stereocenters. The number of nitrogens with one attached hydrogen (secondary N) is 2. The van der Waals surface area contributed by atoms with Crippen LogP contribution in [0.5, 0.6) is 5.88 Å². The molecule has 0 unspecified atom stereocenters. The van der Waals surface area contributed by atoms with Gasteiger partial charge in [-0.2, -0.15) is 5.10 Å². The molecule has 2 N–H and O–H groups in total. The van der Waals surface area contributed by atoms with Crippen molar-refractivity contribution in [1.29, 1.82) is 0 Å². The summed E-state index contributed by atoms with van der Waals surface area (Å²) in [6.07, 6.45) is 2.49. The zero-order valence-electron chi connectivity index (χ0n) is 19.8. The lowest BCUT2D eigenvalue weighted by Crippen LogP contribution is -2.24. The van der Waals surface area contributed by atoms with Gasteiger partial charge in [0.25, 0.3) is 0 Å². The minimum atomic E-state index is -0.372. The summed E-state index contributed by atoms with van der Waals surface area (Å²) in [5.41, 5.74) is 3.25. The number of rotatable bonds is 12. The number of halogens is 1. The van der Waals surface area contributed by atoms with Gasteiger partial charge in [-0.25, -0.2) is 9.67 Å². The van der Waals surface area contributed by atoms with Crippen molar-refractivity contribution in [3.63, 3.8) is 0 Å². The fraction of sp³-hybridized carbons (Fsp3) is 0.375. The number of benzene rings is 1. The Morgan fingerprint density at radius 2 is 1.91 bits per heavy atom. The van der Waals surface area contributed by atoms with E-state index in [1.807, 2.05) is 55.8 Å². The van der Waals surface area contributed by atoms with Gasteiger partial charge in [-0.05, 0) is 39.0 Å². The van der Waals surface area contributed by atoms with Crippen molar-refractivity contribution in [3.05, 3.63) is 48.2 Å². The molecule has 1 aromatic carbocycles. The van der Waals surface area contributed by atoms with Gasteiger partial charge >= 0.3 is 0 Å². The Labute approximate surface area is 209 Å². The average Bonchev–Trinajstić information content (AvgIpc) is 3.19. The van der Waals surface area contributed by atoms with E-state index in [1.165, 1.54) is 0 Å². The molecule has 0 spiro atoms. The number of anilines is 3. The second kappa shape index (κ2) is 12.1. The summed E-state index contributed by atoms with van der Waals surface area (Å²) in [4.78, 5) is 16.5. The highest BCUT2D eigenvalue weighted by molar-refractivity contribution is 8.00. The number of alkyl halides is 1. The first-order chi connectivity index (χ1) is 16.4. The molecule has 0 aliphatic rings. The van der Waals surface area contributed by atoms with Crippen LogP contribution in [0.15, 0.2) is 42.6 Å². The van der Waals surface area contributed by atoms with Crippen molar-refractivity contribution < 1.29 is 14.3 Å². The maximum absolute atomic E-state index is 12.3. The monoisotopic (exact) mass is 503 g/mol. The molecule has 3 rings (SSSR count). The zero-order chi connectivity index (χ0) is 24.6. The lowest BCUT2D eigenvalue weighted by Gasteiger charge is -2.23. The Balaban J connectivity index is 1.94. The van der Waals surface area contributed by atoms with Crippen molar-refractivity contribution >= 4 is 47.0 Å². The molecule has 10 heteroatoms. The number of aromatic nitrogens is 3. The van der Waals surface area contributed by atoms with Gasteiger partial charge in [0.15, 0.2) is 6.29 Å². The number of pyridine rings is 1. The lowest BCUT2D eigenvalue weighted by atomic mass is 10.1. The highest BCUT2D eigenvalue weighted by Crippen LogP contribution is 2.34. The van der Waals surface area contributed by atoms with Crippen molar-refractivity contribution in [1.82, 2.24) is 14.8 Å². The molecular weight excluding hydrogens is 474 g/mol. The second-order valence-corrected chi connectivity index (χ2v) is 9.66. The van der Waals surface area contributed by atoms with E-state index < -0.39 is 0 Å². The number of carbonyl (C=O) groups excluding carboxylic acids is 1. The van der Waals surface area contributed by atoms with Gasteiger partial charge in [0.2, 0.25) is 5.88 Å². The molecule has 0 bridgehead atoms. The molecule has 0 saturated heterocycles. The first-order valence-corrected chi connectivity index (χ1v) is 12.4. The van der Waals surface area contributed by atoms with Crippen LogP contribution in [-0.2, 0) is 10.3 Å². The number of hydrogen-bond acceptors (Lipinski definition) is 8. The van der Waals surface area contributed by atoms with Gasteiger partial charge < -0.3 is 19.5 Å². The third kappa shape index (κ3) is 6.65. The minimum absolute atomic E-state index is 0.372. The van der Waals surface area contributed by atoms with E-state index in [1.54, 1.807) is 31.3 Å². The maximum atomic E-state index is 12.3. The number of ether oxygens (including phenoxy) is 2. The predicted molar refractivity (Wildman–Crippen MR) is 140 cm³/mol. The van der Waals surface area contributed by atoms with Crippen LogP contribution in [0.2, 0.25) is 0 Å². The quantitative estimate of drug-likeness (QED) is 0.143. The van der Waals surface area contributed by atoms with Crippen molar-refractivity contribution in [3.8, 4) is 17.1 Å². The van der Waals surface area contributed by atoms with Gasteiger partial charge in [0, 0.05) is 47.9 Å². The van der Waals surface area contributed by atoms with Crippen LogP contribution >= 0.6 is 23.5 Å². The molecule has 0 radical (unpaired) electrons. The van der Waals surface area contributed by atoms with E-state index >= 15 is 0 Å². The number of methoxy groups -OCH3 is 1. The van der Waals surface area contributed by atoms with Crippen LogP contribution in [0.1, 0.15) is 31.1 Å². The topological polar surface area (TPSA) is 90.3 Å². The highest BCUT2D eigenvalue weighted by atomic mass is 35.5. The van der Waals surface area contributed by atoms with E-state index in [0.29, 0.717) is 42.0 Å². The Morgan fingerprint density at radius 3 is 2.56 bits per heavy atom. The third-order valence-electron chi connectivity index (χ3n) is 4.74. The van der Waals surface area contributed by atoms with E-state index in [2.05, 4.69) is 15.0 Å². The van der Waals surface area contributed by atoms with E-state index in [4.69, 9.17) is 26.2 Å². The summed E-state index contributed by atoms with van der Waals surface area (Å²) in [6, 6.07) is 11.4. The summed E-state index contributed by atoms with van der Waals surface area (Å²) < 4.78 is 15.7. The normalized spacial score (nSPS) is 11.3. The molecule has 0 aliphatic heterocycles. The summed E-state index contributed by atoms with van der Waals surface area (Å²) >= 11 is 7.27. The first kappa shape index (κ1) is 25.9. The van der Waals surface area contributed by atoms with E-state index in [0.717, 1.165) is 29.0 Å². The zero-order valence-corrected chi connectivity index (χ0v) is 21.4. The molecule has 182 valence electrons. The Morgan fingerprint density at radius 1 is 1.15 bits per heavy atom. The van der Waals surface area contributed by atoms with Gasteiger partial charge in [0.1, 0.15) is 18.1 Å². The molecule has 8 nitrogen and oxygen atoms in total. The summed E-state index contributed by atoms with van der Waals surface area (Å²) in [5, 5.41) is 8.18. The number of nitrogens with zero attached hydrogens (tertiary/aromatic N) is 3. The van der Waals surface area contributed by atoms with Crippen LogP contribution in [0.25, 0.3) is 11.3 Å². The Kier molecular flexibility index (Phi) is 9.20. The summed E-state index contributed by atoms with van der Waals surface area (Å²) in [5.74, 6) is 2.45.